The Morgan fingerprint density at radius 3 is 2.85 bits per heavy atom. The maximum atomic E-state index is 11.3. The third-order valence-corrected chi connectivity index (χ3v) is 4.52. The quantitative estimate of drug-likeness (QED) is 0.858. The topological polar surface area (TPSA) is 56.8 Å². The Hall–Kier alpha value is -1.27. The van der Waals surface area contributed by atoms with Gasteiger partial charge >= 0.3 is 0 Å². The Kier molecular flexibility index (Phi) is 5.25. The maximum absolute atomic E-state index is 11.3. The molecule has 20 heavy (non-hydrogen) atoms. The second kappa shape index (κ2) is 6.95. The van der Waals surface area contributed by atoms with E-state index in [-0.39, 0.29) is 5.25 Å². The fourth-order valence-electron chi connectivity index (χ4n) is 1.97. The van der Waals surface area contributed by atoms with Crippen molar-refractivity contribution < 1.29 is 18.4 Å². The molecule has 1 heterocycles. The summed E-state index contributed by atoms with van der Waals surface area (Å²) in [5.74, 6) is 2.08. The van der Waals surface area contributed by atoms with Crippen molar-refractivity contribution >= 4 is 10.8 Å². The molecule has 2 rings (SSSR count). The van der Waals surface area contributed by atoms with E-state index in [2.05, 4.69) is 5.32 Å². The van der Waals surface area contributed by atoms with E-state index < -0.39 is 10.8 Å². The van der Waals surface area contributed by atoms with Crippen molar-refractivity contribution in [1.29, 1.82) is 0 Å². The van der Waals surface area contributed by atoms with Crippen molar-refractivity contribution in [3.05, 3.63) is 17.7 Å². The molecule has 2 unspecified atom stereocenters. The molecule has 2 atom stereocenters. The number of fused-ring (bicyclic) bond motifs is 1. The van der Waals surface area contributed by atoms with Crippen molar-refractivity contribution in [2.24, 2.45) is 0 Å². The lowest BCUT2D eigenvalue weighted by Crippen LogP contribution is -2.27. The van der Waals surface area contributed by atoms with Gasteiger partial charge in [-0.3, -0.25) is 4.21 Å². The second-order valence-corrected chi connectivity index (χ2v) is 6.56. The van der Waals surface area contributed by atoms with Crippen molar-refractivity contribution in [2.75, 3.05) is 33.1 Å². The van der Waals surface area contributed by atoms with Crippen LogP contribution in [0.5, 0.6) is 17.2 Å². The van der Waals surface area contributed by atoms with Gasteiger partial charge in [0.2, 0.25) is 5.75 Å². The molecule has 0 aliphatic carbocycles. The van der Waals surface area contributed by atoms with Crippen LogP contribution in [0, 0.1) is 0 Å². The van der Waals surface area contributed by atoms with Gasteiger partial charge < -0.3 is 19.5 Å². The van der Waals surface area contributed by atoms with Crippen LogP contribution in [-0.2, 0) is 17.3 Å². The zero-order valence-corrected chi connectivity index (χ0v) is 12.9. The summed E-state index contributed by atoms with van der Waals surface area (Å²) in [4.78, 5) is 0. The number of nitrogens with one attached hydrogen (secondary N) is 1. The lowest BCUT2D eigenvalue weighted by molar-refractivity contribution is 0.165. The first-order valence-electron chi connectivity index (χ1n) is 6.61. The fourth-order valence-corrected chi connectivity index (χ4v) is 2.32. The summed E-state index contributed by atoms with van der Waals surface area (Å²) in [6.45, 7) is 4.45. The number of hydrogen-bond acceptors (Lipinski definition) is 5. The van der Waals surface area contributed by atoms with Crippen LogP contribution in [0.3, 0.4) is 0 Å². The summed E-state index contributed by atoms with van der Waals surface area (Å²) in [5, 5.41) is 3.43. The molecule has 0 fully saturated rings. The summed E-state index contributed by atoms with van der Waals surface area (Å²) in [7, 11) is 0.810. The molecule has 1 N–H and O–H groups in total. The molecule has 0 spiro atoms. The van der Waals surface area contributed by atoms with Crippen LogP contribution in [0.2, 0.25) is 0 Å². The fraction of sp³-hybridized carbons (Fsp3) is 0.571. The molecule has 0 saturated heterocycles. The zero-order valence-electron chi connectivity index (χ0n) is 12.1. The molecule has 1 aromatic carbocycles. The van der Waals surface area contributed by atoms with E-state index in [1.54, 1.807) is 13.4 Å². The molecule has 6 heteroatoms. The lowest BCUT2D eigenvalue weighted by atomic mass is 10.1. The highest BCUT2D eigenvalue weighted by atomic mass is 32.2. The number of ether oxygens (including phenoxy) is 3. The summed E-state index contributed by atoms with van der Waals surface area (Å²) in [6, 6.07) is 3.89. The maximum Gasteiger partial charge on any atom is 0.203 e. The molecule has 0 amide bonds. The number of methoxy groups -OCH3 is 1. The van der Waals surface area contributed by atoms with Crippen LogP contribution in [0.1, 0.15) is 12.5 Å². The summed E-state index contributed by atoms with van der Waals surface area (Å²) < 4.78 is 27.8. The van der Waals surface area contributed by atoms with E-state index in [1.807, 2.05) is 19.1 Å². The van der Waals surface area contributed by atoms with Crippen LogP contribution in [0.4, 0.5) is 0 Å². The minimum absolute atomic E-state index is 0.133. The van der Waals surface area contributed by atoms with Crippen LogP contribution >= 0.6 is 0 Å². The Morgan fingerprint density at radius 2 is 2.15 bits per heavy atom. The predicted molar refractivity (Wildman–Crippen MR) is 79.2 cm³/mol. The lowest BCUT2D eigenvalue weighted by Gasteiger charge is -2.21. The Bertz CT molecular complexity index is 475. The monoisotopic (exact) mass is 299 g/mol. The molecule has 0 bridgehead atoms. The molecule has 112 valence electrons. The third-order valence-electron chi connectivity index (χ3n) is 3.22. The van der Waals surface area contributed by atoms with Gasteiger partial charge in [-0.1, -0.05) is 0 Å². The van der Waals surface area contributed by atoms with Crippen molar-refractivity contribution in [3.8, 4) is 17.2 Å². The molecule has 0 radical (unpaired) electrons. The van der Waals surface area contributed by atoms with E-state index in [0.29, 0.717) is 37.8 Å². The minimum atomic E-state index is -0.808. The van der Waals surface area contributed by atoms with Crippen molar-refractivity contribution in [1.82, 2.24) is 5.32 Å². The van der Waals surface area contributed by atoms with E-state index in [4.69, 9.17) is 14.2 Å². The molecule has 1 aliphatic heterocycles. The molecular formula is C14H21NO4S. The van der Waals surface area contributed by atoms with Gasteiger partial charge in [0, 0.05) is 35.4 Å². The van der Waals surface area contributed by atoms with Crippen LogP contribution < -0.4 is 19.5 Å². The molecule has 1 aromatic rings. The van der Waals surface area contributed by atoms with Gasteiger partial charge in [0.25, 0.3) is 0 Å². The van der Waals surface area contributed by atoms with E-state index in [9.17, 15) is 4.21 Å². The van der Waals surface area contributed by atoms with Gasteiger partial charge in [0.05, 0.1) is 7.11 Å². The molecule has 5 nitrogen and oxygen atoms in total. The Labute approximate surface area is 122 Å². The van der Waals surface area contributed by atoms with Crippen molar-refractivity contribution in [2.45, 2.75) is 18.7 Å². The highest BCUT2D eigenvalue weighted by molar-refractivity contribution is 7.84. The predicted octanol–water partition coefficient (Wildman–Crippen LogP) is 1.32. The largest absolute Gasteiger partial charge is 0.493 e. The molecule has 0 saturated carbocycles. The van der Waals surface area contributed by atoms with Crippen molar-refractivity contribution in [3.63, 3.8) is 0 Å². The zero-order chi connectivity index (χ0) is 14.5. The average molecular weight is 299 g/mol. The SMILES string of the molecule is COc1cc(CNCC(C)S(C)=O)cc2c1OCCO2. The standard InChI is InChI=1S/C14H21NO4S/c1-10(20(3)16)8-15-9-11-6-12(17-2)14-13(7-11)18-4-5-19-14/h6-7,10,15H,4-5,8-9H2,1-3H3. The molecule has 1 aliphatic rings. The van der Waals surface area contributed by atoms with Gasteiger partial charge in [0.1, 0.15) is 13.2 Å². The smallest absolute Gasteiger partial charge is 0.203 e. The van der Waals surface area contributed by atoms with Crippen LogP contribution in [0.15, 0.2) is 12.1 Å². The molecule has 0 aromatic heterocycles. The van der Waals surface area contributed by atoms with Gasteiger partial charge in [-0.25, -0.2) is 0 Å². The minimum Gasteiger partial charge on any atom is -0.493 e. The van der Waals surface area contributed by atoms with E-state index in [1.165, 1.54) is 0 Å². The Morgan fingerprint density at radius 1 is 1.40 bits per heavy atom. The van der Waals surface area contributed by atoms with Gasteiger partial charge in [0.15, 0.2) is 11.5 Å². The molecular weight excluding hydrogens is 278 g/mol. The van der Waals surface area contributed by atoms with Crippen LogP contribution in [0.25, 0.3) is 0 Å². The first-order valence-corrected chi connectivity index (χ1v) is 8.23. The van der Waals surface area contributed by atoms with Gasteiger partial charge in [-0.05, 0) is 24.6 Å². The number of hydrogen-bond donors (Lipinski definition) is 1. The second-order valence-electron chi connectivity index (χ2n) is 4.76. The Balaban J connectivity index is 2.03. The first kappa shape index (κ1) is 15.1. The van der Waals surface area contributed by atoms with Crippen LogP contribution in [-0.4, -0.2) is 42.6 Å². The van der Waals surface area contributed by atoms with Gasteiger partial charge in [-0.15, -0.1) is 0 Å². The normalized spacial score (nSPS) is 16.6. The van der Waals surface area contributed by atoms with E-state index in [0.717, 1.165) is 11.3 Å². The number of benzene rings is 1. The average Bonchev–Trinajstić information content (AvgIpc) is 2.46. The highest BCUT2D eigenvalue weighted by Crippen LogP contribution is 2.40. The van der Waals surface area contributed by atoms with E-state index >= 15 is 0 Å². The summed E-state index contributed by atoms with van der Waals surface area (Å²) in [5.41, 5.74) is 1.06. The first-order chi connectivity index (χ1) is 9.61. The number of rotatable bonds is 6. The highest BCUT2D eigenvalue weighted by Gasteiger charge is 2.18. The summed E-state index contributed by atoms with van der Waals surface area (Å²) >= 11 is 0. The van der Waals surface area contributed by atoms with Gasteiger partial charge in [-0.2, -0.15) is 0 Å². The third kappa shape index (κ3) is 3.64. The summed E-state index contributed by atoms with van der Waals surface area (Å²) in [6.07, 6.45) is 1.72.